The summed E-state index contributed by atoms with van der Waals surface area (Å²) >= 11 is 0. The molecule has 0 saturated carbocycles. The van der Waals surface area contributed by atoms with Gasteiger partial charge >= 0.3 is 0 Å². The van der Waals surface area contributed by atoms with Crippen molar-refractivity contribution in [2.24, 2.45) is 4.99 Å². The molecule has 5 heteroatoms. The third-order valence-corrected chi connectivity index (χ3v) is 4.17. The van der Waals surface area contributed by atoms with Crippen LogP contribution in [0.2, 0.25) is 0 Å². The predicted octanol–water partition coefficient (Wildman–Crippen LogP) is 1.84. The van der Waals surface area contributed by atoms with Gasteiger partial charge in [0.1, 0.15) is 0 Å². The van der Waals surface area contributed by atoms with Crippen molar-refractivity contribution in [2.45, 2.75) is 58.5 Å². The molecule has 0 radical (unpaired) electrons. The van der Waals surface area contributed by atoms with Crippen LogP contribution >= 0.6 is 0 Å². The van der Waals surface area contributed by atoms with Crippen LogP contribution in [0, 0.1) is 0 Å². The molecular weight excluding hydrogens is 264 g/mol. The van der Waals surface area contributed by atoms with Gasteiger partial charge in [-0.1, -0.05) is 6.42 Å². The van der Waals surface area contributed by atoms with Crippen LogP contribution in [0.15, 0.2) is 4.99 Å². The number of nitrogens with zero attached hydrogens (tertiary/aromatic N) is 2. The van der Waals surface area contributed by atoms with Crippen molar-refractivity contribution in [1.82, 2.24) is 15.5 Å². The first kappa shape index (κ1) is 18.2. The molecule has 0 aromatic rings. The molecule has 124 valence electrons. The summed E-state index contributed by atoms with van der Waals surface area (Å²) in [5, 5.41) is 6.77. The molecule has 0 spiro atoms. The number of guanidine groups is 1. The maximum Gasteiger partial charge on any atom is 0.191 e. The topological polar surface area (TPSA) is 48.9 Å². The fourth-order valence-electron chi connectivity index (χ4n) is 2.88. The van der Waals surface area contributed by atoms with Crippen molar-refractivity contribution >= 4 is 5.96 Å². The van der Waals surface area contributed by atoms with Gasteiger partial charge in [0.15, 0.2) is 5.96 Å². The molecule has 1 rings (SSSR count). The summed E-state index contributed by atoms with van der Waals surface area (Å²) in [7, 11) is 1.83. The van der Waals surface area contributed by atoms with Crippen molar-refractivity contribution < 1.29 is 4.74 Å². The number of rotatable bonds is 8. The summed E-state index contributed by atoms with van der Waals surface area (Å²) in [6.07, 6.45) is 5.04. The van der Waals surface area contributed by atoms with Crippen LogP contribution in [0.1, 0.15) is 46.5 Å². The van der Waals surface area contributed by atoms with Gasteiger partial charge in [-0.3, -0.25) is 9.89 Å². The molecule has 0 amide bonds. The zero-order valence-electron chi connectivity index (χ0n) is 14.3. The van der Waals surface area contributed by atoms with Crippen LogP contribution in [-0.4, -0.2) is 62.8 Å². The average molecular weight is 298 g/mol. The van der Waals surface area contributed by atoms with E-state index in [9.17, 15) is 0 Å². The van der Waals surface area contributed by atoms with Gasteiger partial charge in [0, 0.05) is 45.4 Å². The fraction of sp³-hybridized carbons (Fsp3) is 0.938. The minimum absolute atomic E-state index is 0.544. The molecule has 2 unspecified atom stereocenters. The van der Waals surface area contributed by atoms with Gasteiger partial charge < -0.3 is 15.4 Å². The van der Waals surface area contributed by atoms with Crippen molar-refractivity contribution in [3.05, 3.63) is 0 Å². The lowest BCUT2D eigenvalue weighted by Crippen LogP contribution is -2.50. The van der Waals surface area contributed by atoms with Crippen molar-refractivity contribution in [1.29, 1.82) is 0 Å². The van der Waals surface area contributed by atoms with Gasteiger partial charge in [-0.2, -0.15) is 0 Å². The number of piperidine rings is 1. The summed E-state index contributed by atoms with van der Waals surface area (Å²) < 4.78 is 5.33. The summed E-state index contributed by atoms with van der Waals surface area (Å²) in [4.78, 5) is 6.89. The molecule has 1 fully saturated rings. The second kappa shape index (κ2) is 10.9. The highest BCUT2D eigenvalue weighted by atomic mass is 16.5. The predicted molar refractivity (Wildman–Crippen MR) is 90.0 cm³/mol. The molecule has 0 aromatic heterocycles. The first-order valence-electron chi connectivity index (χ1n) is 8.47. The Labute approximate surface area is 130 Å². The molecular formula is C16H34N4O. The van der Waals surface area contributed by atoms with Crippen LogP contribution in [-0.2, 0) is 4.74 Å². The third kappa shape index (κ3) is 7.14. The lowest BCUT2D eigenvalue weighted by atomic mass is 10.0. The van der Waals surface area contributed by atoms with Gasteiger partial charge in [0.2, 0.25) is 0 Å². The normalized spacial score (nSPS) is 22.1. The molecule has 21 heavy (non-hydrogen) atoms. The standard InChI is InChI=1S/C16H34N4O/c1-5-21-12-8-10-18-16(17-4)19-13-15(3)20-11-7-6-9-14(20)2/h14-15H,5-13H2,1-4H3,(H2,17,18,19). The monoisotopic (exact) mass is 298 g/mol. The number of hydrogen-bond acceptors (Lipinski definition) is 3. The number of likely N-dealkylation sites (tertiary alicyclic amines) is 1. The summed E-state index contributed by atoms with van der Waals surface area (Å²) in [5.41, 5.74) is 0. The van der Waals surface area contributed by atoms with E-state index in [2.05, 4.69) is 34.4 Å². The van der Waals surface area contributed by atoms with E-state index in [1.807, 2.05) is 14.0 Å². The zero-order chi connectivity index (χ0) is 15.5. The number of ether oxygens (including phenoxy) is 1. The van der Waals surface area contributed by atoms with E-state index in [1.165, 1.54) is 25.8 Å². The Bertz CT molecular complexity index is 296. The molecule has 0 aliphatic carbocycles. The van der Waals surface area contributed by atoms with Gasteiger partial charge in [0.25, 0.3) is 0 Å². The SMILES string of the molecule is CCOCCCNC(=NC)NCC(C)N1CCCCC1C. The number of nitrogens with one attached hydrogen (secondary N) is 2. The molecule has 0 aromatic carbocycles. The summed E-state index contributed by atoms with van der Waals surface area (Å²) in [6, 6.07) is 1.25. The molecule has 1 saturated heterocycles. The molecule has 5 nitrogen and oxygen atoms in total. The van der Waals surface area contributed by atoms with Gasteiger partial charge in [-0.25, -0.2) is 0 Å². The first-order valence-corrected chi connectivity index (χ1v) is 8.47. The smallest absolute Gasteiger partial charge is 0.191 e. The molecule has 0 bridgehead atoms. The molecule has 1 aliphatic heterocycles. The Hall–Kier alpha value is -0.810. The zero-order valence-corrected chi connectivity index (χ0v) is 14.3. The Balaban J connectivity index is 2.21. The highest BCUT2D eigenvalue weighted by Gasteiger charge is 2.22. The Morgan fingerprint density at radius 1 is 1.38 bits per heavy atom. The van der Waals surface area contributed by atoms with E-state index in [4.69, 9.17) is 4.74 Å². The summed E-state index contributed by atoms with van der Waals surface area (Å²) in [6.45, 7) is 11.3. The molecule has 2 N–H and O–H groups in total. The van der Waals surface area contributed by atoms with Crippen LogP contribution in [0.3, 0.4) is 0 Å². The van der Waals surface area contributed by atoms with Crippen molar-refractivity contribution in [3.63, 3.8) is 0 Å². The van der Waals surface area contributed by atoms with E-state index < -0.39 is 0 Å². The second-order valence-electron chi connectivity index (χ2n) is 5.86. The van der Waals surface area contributed by atoms with Crippen LogP contribution in [0.25, 0.3) is 0 Å². The van der Waals surface area contributed by atoms with Gasteiger partial charge in [-0.15, -0.1) is 0 Å². The highest BCUT2D eigenvalue weighted by Crippen LogP contribution is 2.18. The molecule has 2 atom stereocenters. The minimum Gasteiger partial charge on any atom is -0.382 e. The average Bonchev–Trinajstić information content (AvgIpc) is 2.50. The fourth-order valence-corrected chi connectivity index (χ4v) is 2.88. The van der Waals surface area contributed by atoms with E-state index in [-0.39, 0.29) is 0 Å². The Morgan fingerprint density at radius 2 is 2.19 bits per heavy atom. The maximum atomic E-state index is 5.33. The molecule has 1 aliphatic rings. The van der Waals surface area contributed by atoms with Crippen LogP contribution < -0.4 is 10.6 Å². The lowest BCUT2D eigenvalue weighted by Gasteiger charge is -2.38. The van der Waals surface area contributed by atoms with Crippen LogP contribution in [0.4, 0.5) is 0 Å². The van der Waals surface area contributed by atoms with Gasteiger partial charge in [-0.05, 0) is 46.6 Å². The first-order chi connectivity index (χ1) is 10.2. The summed E-state index contributed by atoms with van der Waals surface area (Å²) in [5.74, 6) is 0.892. The third-order valence-electron chi connectivity index (χ3n) is 4.17. The van der Waals surface area contributed by atoms with E-state index in [0.29, 0.717) is 12.1 Å². The van der Waals surface area contributed by atoms with Crippen molar-refractivity contribution in [2.75, 3.05) is 39.9 Å². The minimum atomic E-state index is 0.544. The highest BCUT2D eigenvalue weighted by molar-refractivity contribution is 5.79. The maximum absolute atomic E-state index is 5.33. The Kier molecular flexibility index (Phi) is 9.42. The van der Waals surface area contributed by atoms with Crippen LogP contribution in [0.5, 0.6) is 0 Å². The van der Waals surface area contributed by atoms with E-state index in [0.717, 1.165) is 38.7 Å². The second-order valence-corrected chi connectivity index (χ2v) is 5.86. The van der Waals surface area contributed by atoms with Crippen molar-refractivity contribution in [3.8, 4) is 0 Å². The molecule has 1 heterocycles. The number of hydrogen-bond donors (Lipinski definition) is 2. The van der Waals surface area contributed by atoms with E-state index in [1.54, 1.807) is 0 Å². The van der Waals surface area contributed by atoms with E-state index >= 15 is 0 Å². The van der Waals surface area contributed by atoms with Gasteiger partial charge in [0.05, 0.1) is 0 Å². The quantitative estimate of drug-likeness (QED) is 0.408. The largest absolute Gasteiger partial charge is 0.382 e. The number of aliphatic imine (C=N–C) groups is 1. The Morgan fingerprint density at radius 3 is 2.86 bits per heavy atom. The lowest BCUT2D eigenvalue weighted by molar-refractivity contribution is 0.115.